The third-order valence-electron chi connectivity index (χ3n) is 5.85. The van der Waals surface area contributed by atoms with Crippen LogP contribution >= 0.6 is 12.2 Å². The molecule has 0 aliphatic carbocycles. The lowest BCUT2D eigenvalue weighted by atomic mass is 10.1. The molecule has 4 rings (SSSR count). The minimum Gasteiger partial charge on any atom is -0.341 e. The van der Waals surface area contributed by atoms with Gasteiger partial charge in [0, 0.05) is 44.5 Å². The Kier molecular flexibility index (Phi) is 6.64. The zero-order valence-electron chi connectivity index (χ0n) is 20.0. The van der Waals surface area contributed by atoms with Crippen LogP contribution in [0.5, 0.6) is 0 Å². The number of nitrogens with zero attached hydrogens (tertiary/aromatic N) is 3. The number of rotatable bonds is 7. The highest BCUT2D eigenvalue weighted by atomic mass is 32.1. The first-order valence-corrected chi connectivity index (χ1v) is 11.7. The number of aromatic nitrogens is 3. The number of halogens is 3. The first-order chi connectivity index (χ1) is 16.5. The van der Waals surface area contributed by atoms with Crippen LogP contribution in [0.15, 0.2) is 59.5 Å². The van der Waals surface area contributed by atoms with Crippen LogP contribution in [-0.2, 0) is 26.1 Å². The van der Waals surface area contributed by atoms with Gasteiger partial charge in [-0.3, -0.25) is 9.13 Å². The average molecular weight is 501 g/mol. The van der Waals surface area contributed by atoms with E-state index < -0.39 is 5.92 Å². The Morgan fingerprint density at radius 1 is 1.06 bits per heavy atom. The molecule has 4 aromatic rings. The summed E-state index contributed by atoms with van der Waals surface area (Å²) < 4.78 is 46.2. The second-order valence-electron chi connectivity index (χ2n) is 9.23. The number of anilines is 2. The number of nitrogens with one attached hydrogen (secondary N) is 1. The predicted octanol–water partition coefficient (Wildman–Crippen LogP) is 6.57. The van der Waals surface area contributed by atoms with E-state index >= 15 is 0 Å². The minimum absolute atomic E-state index is 0.0609. The topological polar surface area (TPSA) is 43.9 Å². The maximum absolute atomic E-state index is 13.7. The molecule has 5 nitrogen and oxygen atoms in total. The number of alkyl halides is 2. The fourth-order valence-corrected chi connectivity index (χ4v) is 4.35. The fourth-order valence-electron chi connectivity index (χ4n) is 4.07. The van der Waals surface area contributed by atoms with Gasteiger partial charge in [0.25, 0.3) is 5.92 Å². The Hall–Kier alpha value is -3.33. The second-order valence-corrected chi connectivity index (χ2v) is 9.62. The maximum Gasteiger partial charge on any atom is 0.329 e. The van der Waals surface area contributed by atoms with E-state index in [0.29, 0.717) is 40.1 Å². The summed E-state index contributed by atoms with van der Waals surface area (Å²) >= 11 is 5.67. The third-order valence-corrected chi connectivity index (χ3v) is 6.33. The van der Waals surface area contributed by atoms with Crippen LogP contribution in [0.3, 0.4) is 0 Å². The first kappa shape index (κ1) is 24.8. The smallest absolute Gasteiger partial charge is 0.329 e. The number of fused-ring (bicyclic) bond motifs is 1. The molecule has 1 N–H and O–H groups in total. The molecule has 0 bridgehead atoms. The van der Waals surface area contributed by atoms with Crippen LogP contribution < -0.4 is 11.0 Å². The lowest BCUT2D eigenvalue weighted by Crippen LogP contribution is -2.31. The summed E-state index contributed by atoms with van der Waals surface area (Å²) in [5.41, 5.74) is 1.85. The molecular weight excluding hydrogens is 473 g/mol. The molecule has 2 aromatic heterocycles. The van der Waals surface area contributed by atoms with Crippen molar-refractivity contribution in [2.24, 2.45) is 13.0 Å². The lowest BCUT2D eigenvalue weighted by molar-refractivity contribution is 0.0174. The van der Waals surface area contributed by atoms with Crippen molar-refractivity contribution in [2.45, 2.75) is 39.8 Å². The molecule has 0 saturated carbocycles. The molecule has 35 heavy (non-hydrogen) atoms. The van der Waals surface area contributed by atoms with Crippen molar-refractivity contribution >= 4 is 34.6 Å². The zero-order valence-corrected chi connectivity index (χ0v) is 20.8. The van der Waals surface area contributed by atoms with Crippen LogP contribution in [0.1, 0.15) is 31.9 Å². The van der Waals surface area contributed by atoms with Gasteiger partial charge in [0.1, 0.15) is 16.3 Å². The third kappa shape index (κ3) is 5.05. The van der Waals surface area contributed by atoms with E-state index in [-0.39, 0.29) is 23.0 Å². The number of benzene rings is 2. The Labute approximate surface area is 206 Å². The molecule has 0 atom stereocenters. The summed E-state index contributed by atoms with van der Waals surface area (Å²) in [5.74, 6) is -2.43. The normalized spacial score (nSPS) is 12.0. The van der Waals surface area contributed by atoms with Crippen LogP contribution in [0.4, 0.5) is 24.7 Å². The summed E-state index contributed by atoms with van der Waals surface area (Å²) in [6.07, 6.45) is 1.85. The summed E-state index contributed by atoms with van der Waals surface area (Å²) in [5, 5.41) is 4.01. The van der Waals surface area contributed by atoms with E-state index in [4.69, 9.17) is 12.2 Å². The van der Waals surface area contributed by atoms with Crippen LogP contribution in [0.25, 0.3) is 10.9 Å². The molecule has 0 amide bonds. The van der Waals surface area contributed by atoms with Gasteiger partial charge in [-0.1, -0.05) is 50.3 Å². The van der Waals surface area contributed by atoms with Gasteiger partial charge in [0.15, 0.2) is 0 Å². The lowest BCUT2D eigenvalue weighted by Gasteiger charge is -2.15. The van der Waals surface area contributed by atoms with Gasteiger partial charge in [-0.15, -0.1) is 0 Å². The van der Waals surface area contributed by atoms with Crippen LogP contribution in [0, 0.1) is 16.4 Å². The van der Waals surface area contributed by atoms with Crippen molar-refractivity contribution in [3.63, 3.8) is 0 Å². The van der Waals surface area contributed by atoms with E-state index in [1.54, 1.807) is 35.9 Å². The Morgan fingerprint density at radius 3 is 2.26 bits per heavy atom. The van der Waals surface area contributed by atoms with E-state index in [2.05, 4.69) is 5.32 Å². The highest BCUT2D eigenvalue weighted by molar-refractivity contribution is 7.71. The van der Waals surface area contributed by atoms with Crippen molar-refractivity contribution in [1.82, 2.24) is 13.7 Å². The minimum atomic E-state index is -2.92. The van der Waals surface area contributed by atoms with Gasteiger partial charge in [0.2, 0.25) is 0 Å². The van der Waals surface area contributed by atoms with Crippen molar-refractivity contribution in [2.75, 3.05) is 5.32 Å². The molecule has 184 valence electrons. The van der Waals surface area contributed by atoms with E-state index in [1.807, 2.05) is 24.6 Å². The van der Waals surface area contributed by atoms with Crippen molar-refractivity contribution in [3.05, 3.63) is 86.8 Å². The van der Waals surface area contributed by atoms with Crippen LogP contribution in [0.2, 0.25) is 0 Å². The maximum atomic E-state index is 13.7. The largest absolute Gasteiger partial charge is 0.341 e. The Balaban J connectivity index is 1.90. The number of hydrogen-bond acceptors (Lipinski definition) is 3. The molecule has 2 heterocycles. The van der Waals surface area contributed by atoms with E-state index in [0.717, 1.165) is 12.5 Å². The van der Waals surface area contributed by atoms with Crippen LogP contribution in [-0.4, -0.2) is 13.7 Å². The Morgan fingerprint density at radius 2 is 1.69 bits per heavy atom. The molecular formula is C26H27F3N4OS. The summed E-state index contributed by atoms with van der Waals surface area (Å²) in [6.45, 7) is 5.77. The van der Waals surface area contributed by atoms with E-state index in [1.165, 1.54) is 28.8 Å². The van der Waals surface area contributed by atoms with E-state index in [9.17, 15) is 18.0 Å². The monoisotopic (exact) mass is 500 g/mol. The van der Waals surface area contributed by atoms with Gasteiger partial charge in [-0.05, 0) is 35.7 Å². The average Bonchev–Trinajstić information content (AvgIpc) is 3.14. The second kappa shape index (κ2) is 9.37. The molecule has 0 radical (unpaired) electrons. The molecule has 0 unspecified atom stereocenters. The number of hydrogen-bond donors (Lipinski definition) is 1. The van der Waals surface area contributed by atoms with Gasteiger partial charge >= 0.3 is 5.69 Å². The molecule has 2 aromatic carbocycles. The van der Waals surface area contributed by atoms with Gasteiger partial charge in [-0.2, -0.15) is 0 Å². The summed E-state index contributed by atoms with van der Waals surface area (Å²) in [7, 11) is 1.64. The molecule has 0 aliphatic rings. The Bertz CT molecular complexity index is 1480. The van der Waals surface area contributed by atoms with Crippen molar-refractivity contribution in [3.8, 4) is 0 Å². The van der Waals surface area contributed by atoms with Gasteiger partial charge in [0.05, 0.1) is 10.9 Å². The standard InChI is InChI=1S/C26H27F3N4OS/c1-16(2)13-33-21-15-32(14-17-5-7-18(8-6-17)26(3,28)29)23(22(21)24(35)31(4)25(33)34)30-20-11-9-19(27)10-12-20/h5-12,15-16,30H,13-14H2,1-4H3. The highest BCUT2D eigenvalue weighted by Gasteiger charge is 2.24. The molecule has 9 heteroatoms. The summed E-state index contributed by atoms with van der Waals surface area (Å²) in [6, 6.07) is 12.1. The molecule has 0 spiro atoms. The SMILES string of the molecule is CC(C)Cn1c(=O)n(C)c(=S)c2c(Nc3ccc(F)cc3)n(Cc3ccc(C(C)(F)F)cc3)cc21. The zero-order chi connectivity index (χ0) is 25.5. The van der Waals surface area contributed by atoms with Crippen molar-refractivity contribution < 1.29 is 13.2 Å². The predicted molar refractivity (Wildman–Crippen MR) is 136 cm³/mol. The van der Waals surface area contributed by atoms with Gasteiger partial charge < -0.3 is 9.88 Å². The molecule has 0 aliphatic heterocycles. The fraction of sp³-hybridized carbons (Fsp3) is 0.308. The van der Waals surface area contributed by atoms with Gasteiger partial charge in [-0.25, -0.2) is 18.0 Å². The first-order valence-electron chi connectivity index (χ1n) is 11.3. The quantitative estimate of drug-likeness (QED) is 0.292. The molecule has 0 fully saturated rings. The molecule has 0 saturated heterocycles. The summed E-state index contributed by atoms with van der Waals surface area (Å²) in [4.78, 5) is 13.1. The van der Waals surface area contributed by atoms with Crippen molar-refractivity contribution in [1.29, 1.82) is 0 Å². The highest BCUT2D eigenvalue weighted by Crippen LogP contribution is 2.31.